The molecular formula is C17H12Br3N3O3. The standard InChI is InChI=1S/C17H12Br3N3O3/c1-8-4-10-13(6-11(8)19)21-17(25)16(10)23-22-15(24)7-26-14-3-2-9(18)5-12(14)20/h2-6,21,25H,7H2,1H3. The number of benzene rings is 2. The molecule has 3 aromatic rings. The number of aromatic nitrogens is 1. The number of nitrogens with zero attached hydrogens (tertiary/aromatic N) is 2. The van der Waals surface area contributed by atoms with Gasteiger partial charge in [0.25, 0.3) is 0 Å². The smallest absolute Gasteiger partial charge is 0.302 e. The van der Waals surface area contributed by atoms with Crippen molar-refractivity contribution in [2.45, 2.75) is 6.92 Å². The Bertz CT molecular complexity index is 1030. The van der Waals surface area contributed by atoms with Crippen LogP contribution in [-0.2, 0) is 4.79 Å². The van der Waals surface area contributed by atoms with Gasteiger partial charge in [0.1, 0.15) is 5.75 Å². The lowest BCUT2D eigenvalue weighted by molar-refractivity contribution is -0.120. The maximum atomic E-state index is 11.9. The zero-order valence-corrected chi connectivity index (χ0v) is 18.1. The Kier molecular flexibility index (Phi) is 5.79. The highest BCUT2D eigenvalue weighted by Gasteiger charge is 2.13. The summed E-state index contributed by atoms with van der Waals surface area (Å²) >= 11 is 10.1. The largest absolute Gasteiger partial charge is 0.493 e. The van der Waals surface area contributed by atoms with Gasteiger partial charge in [-0.05, 0) is 58.7 Å². The predicted molar refractivity (Wildman–Crippen MR) is 109 cm³/mol. The summed E-state index contributed by atoms with van der Waals surface area (Å²) in [5, 5.41) is 18.2. The van der Waals surface area contributed by atoms with Crippen molar-refractivity contribution in [2.24, 2.45) is 10.2 Å². The number of fused-ring (bicyclic) bond motifs is 1. The van der Waals surface area contributed by atoms with Gasteiger partial charge >= 0.3 is 5.91 Å². The van der Waals surface area contributed by atoms with E-state index in [-0.39, 0.29) is 18.2 Å². The van der Waals surface area contributed by atoms with Crippen LogP contribution in [0.1, 0.15) is 5.56 Å². The molecule has 2 aromatic carbocycles. The molecule has 9 heteroatoms. The van der Waals surface area contributed by atoms with E-state index in [1.807, 2.05) is 25.1 Å². The van der Waals surface area contributed by atoms with E-state index in [1.165, 1.54) is 0 Å². The van der Waals surface area contributed by atoms with Gasteiger partial charge < -0.3 is 14.8 Å². The van der Waals surface area contributed by atoms with Crippen molar-refractivity contribution in [3.05, 3.63) is 49.3 Å². The molecule has 1 amide bonds. The van der Waals surface area contributed by atoms with E-state index < -0.39 is 5.91 Å². The highest BCUT2D eigenvalue weighted by molar-refractivity contribution is 9.11. The molecule has 0 atom stereocenters. The van der Waals surface area contributed by atoms with Gasteiger partial charge in [-0.3, -0.25) is 4.79 Å². The number of hydrogen-bond donors (Lipinski definition) is 2. The van der Waals surface area contributed by atoms with Gasteiger partial charge in [0, 0.05) is 14.3 Å². The summed E-state index contributed by atoms with van der Waals surface area (Å²) in [4.78, 5) is 14.8. The van der Waals surface area contributed by atoms with E-state index >= 15 is 0 Å². The number of aromatic amines is 1. The van der Waals surface area contributed by atoms with Crippen LogP contribution in [0.4, 0.5) is 5.69 Å². The zero-order valence-electron chi connectivity index (χ0n) is 13.4. The number of azo groups is 1. The summed E-state index contributed by atoms with van der Waals surface area (Å²) < 4.78 is 7.93. The molecule has 0 bridgehead atoms. The van der Waals surface area contributed by atoms with Crippen LogP contribution in [0, 0.1) is 6.92 Å². The summed E-state index contributed by atoms with van der Waals surface area (Å²) in [6.07, 6.45) is 0. The highest BCUT2D eigenvalue weighted by Crippen LogP contribution is 2.37. The second-order valence-corrected chi connectivity index (χ2v) is 8.05. The lowest BCUT2D eigenvalue weighted by atomic mass is 10.1. The Hall–Kier alpha value is -1.71. The van der Waals surface area contributed by atoms with Crippen LogP contribution in [0.5, 0.6) is 11.6 Å². The molecule has 26 heavy (non-hydrogen) atoms. The van der Waals surface area contributed by atoms with Crippen LogP contribution in [0.2, 0.25) is 0 Å². The van der Waals surface area contributed by atoms with E-state index in [0.29, 0.717) is 21.1 Å². The third kappa shape index (κ3) is 4.16. The van der Waals surface area contributed by atoms with E-state index in [9.17, 15) is 9.90 Å². The Balaban J connectivity index is 1.75. The van der Waals surface area contributed by atoms with E-state index in [4.69, 9.17) is 4.74 Å². The molecule has 0 fully saturated rings. The molecular weight excluding hydrogens is 534 g/mol. The molecule has 0 aliphatic heterocycles. The predicted octanol–water partition coefficient (Wildman–Crippen LogP) is 6.16. The first kappa shape index (κ1) is 19.1. The zero-order chi connectivity index (χ0) is 18.8. The monoisotopic (exact) mass is 543 g/mol. The second kappa shape index (κ2) is 7.89. The number of rotatable bonds is 4. The molecule has 1 aromatic heterocycles. The van der Waals surface area contributed by atoms with Gasteiger partial charge in [0.2, 0.25) is 5.88 Å². The lowest BCUT2D eigenvalue weighted by Crippen LogP contribution is -2.08. The minimum absolute atomic E-state index is 0.148. The highest BCUT2D eigenvalue weighted by atomic mass is 79.9. The molecule has 6 nitrogen and oxygen atoms in total. The first-order valence-corrected chi connectivity index (χ1v) is 9.76. The number of carbonyl (C=O) groups is 1. The first-order chi connectivity index (χ1) is 12.3. The Morgan fingerprint density at radius 1 is 1.19 bits per heavy atom. The third-order valence-electron chi connectivity index (χ3n) is 3.54. The molecule has 0 radical (unpaired) electrons. The Morgan fingerprint density at radius 2 is 1.96 bits per heavy atom. The molecule has 0 spiro atoms. The molecule has 0 aliphatic carbocycles. The molecule has 1 heterocycles. The van der Waals surface area contributed by atoms with E-state index in [1.54, 1.807) is 12.1 Å². The normalized spacial score (nSPS) is 11.4. The number of aryl methyl sites for hydroxylation is 1. The fraction of sp³-hybridized carbons (Fsp3) is 0.118. The van der Waals surface area contributed by atoms with Crippen molar-refractivity contribution in [1.82, 2.24) is 4.98 Å². The fourth-order valence-electron chi connectivity index (χ4n) is 2.26. The number of carbonyl (C=O) groups excluding carboxylic acids is 1. The number of hydrogen-bond acceptors (Lipinski definition) is 4. The minimum Gasteiger partial charge on any atom is -0.493 e. The molecule has 134 valence electrons. The number of aromatic hydroxyl groups is 1. The minimum atomic E-state index is -0.567. The first-order valence-electron chi connectivity index (χ1n) is 7.38. The maximum Gasteiger partial charge on any atom is 0.302 e. The molecule has 3 rings (SSSR count). The topological polar surface area (TPSA) is 87.0 Å². The summed E-state index contributed by atoms with van der Waals surface area (Å²) in [5.74, 6) is -0.194. The van der Waals surface area contributed by atoms with Crippen LogP contribution in [0.15, 0.2) is 54.0 Å². The number of ether oxygens (including phenoxy) is 1. The second-order valence-electron chi connectivity index (χ2n) is 5.43. The van der Waals surface area contributed by atoms with Crippen molar-refractivity contribution in [2.75, 3.05) is 6.61 Å². The SMILES string of the molecule is Cc1cc2c(N=NC(=O)COc3ccc(Br)cc3Br)c(O)[nH]c2cc1Br. The molecule has 0 unspecified atom stereocenters. The number of H-pyrrole nitrogens is 1. The summed E-state index contributed by atoms with van der Waals surface area (Å²) in [7, 11) is 0. The van der Waals surface area contributed by atoms with Crippen molar-refractivity contribution in [1.29, 1.82) is 0 Å². The van der Waals surface area contributed by atoms with Crippen molar-refractivity contribution >= 4 is 70.3 Å². The van der Waals surface area contributed by atoms with Gasteiger partial charge in [-0.1, -0.05) is 31.9 Å². The quantitative estimate of drug-likeness (QED) is 0.385. The van der Waals surface area contributed by atoms with Crippen LogP contribution in [0.3, 0.4) is 0 Å². The van der Waals surface area contributed by atoms with Crippen molar-refractivity contribution in [3.8, 4) is 11.6 Å². The van der Waals surface area contributed by atoms with Gasteiger partial charge in [-0.25, -0.2) is 0 Å². The van der Waals surface area contributed by atoms with Gasteiger partial charge in [0.15, 0.2) is 12.3 Å². The average Bonchev–Trinajstić information content (AvgIpc) is 2.87. The van der Waals surface area contributed by atoms with Crippen molar-refractivity contribution < 1.29 is 14.6 Å². The summed E-state index contributed by atoms with van der Waals surface area (Å²) in [5.41, 5.74) is 1.88. The molecule has 0 saturated heterocycles. The van der Waals surface area contributed by atoms with Crippen LogP contribution >= 0.6 is 47.8 Å². The maximum absolute atomic E-state index is 11.9. The summed E-state index contributed by atoms with van der Waals surface area (Å²) in [6, 6.07) is 9.02. The van der Waals surface area contributed by atoms with Crippen LogP contribution in [-0.4, -0.2) is 22.6 Å². The van der Waals surface area contributed by atoms with Crippen LogP contribution in [0.25, 0.3) is 10.9 Å². The van der Waals surface area contributed by atoms with Gasteiger partial charge in [0.05, 0.1) is 9.99 Å². The molecule has 0 aliphatic rings. The Morgan fingerprint density at radius 3 is 2.69 bits per heavy atom. The number of halogens is 3. The van der Waals surface area contributed by atoms with Crippen LogP contribution < -0.4 is 4.74 Å². The lowest BCUT2D eigenvalue weighted by Gasteiger charge is -2.05. The van der Waals surface area contributed by atoms with Crippen molar-refractivity contribution in [3.63, 3.8) is 0 Å². The molecule has 2 N–H and O–H groups in total. The number of nitrogens with one attached hydrogen (secondary N) is 1. The van der Waals surface area contributed by atoms with Gasteiger partial charge in [-0.15, -0.1) is 10.2 Å². The van der Waals surface area contributed by atoms with E-state index in [0.717, 1.165) is 14.5 Å². The molecule has 0 saturated carbocycles. The fourth-order valence-corrected chi connectivity index (χ4v) is 3.77. The van der Waals surface area contributed by atoms with E-state index in [2.05, 4.69) is 63.0 Å². The summed E-state index contributed by atoms with van der Waals surface area (Å²) in [6.45, 7) is 1.65. The third-order valence-corrected chi connectivity index (χ3v) is 5.51. The van der Waals surface area contributed by atoms with Gasteiger partial charge in [-0.2, -0.15) is 0 Å². The Labute approximate surface area is 174 Å². The number of amides is 1. The average molecular weight is 546 g/mol.